The van der Waals surface area contributed by atoms with Gasteiger partial charge in [-0.3, -0.25) is 9.48 Å². The Hall–Kier alpha value is -4.80. The molecule has 0 bridgehead atoms. The molecule has 1 fully saturated rings. The molecule has 1 aliphatic rings. The second kappa shape index (κ2) is 11.5. The van der Waals surface area contributed by atoms with Crippen LogP contribution in [0.4, 0.5) is 0 Å². The fourth-order valence-electron chi connectivity index (χ4n) is 6.37. The first-order chi connectivity index (χ1) is 22.1. The van der Waals surface area contributed by atoms with Crippen LogP contribution in [0, 0.1) is 6.92 Å². The van der Waals surface area contributed by atoms with E-state index in [1.807, 2.05) is 37.4 Å². The van der Waals surface area contributed by atoms with Gasteiger partial charge in [0.15, 0.2) is 5.65 Å². The summed E-state index contributed by atoms with van der Waals surface area (Å²) in [5, 5.41) is 6.56. The van der Waals surface area contributed by atoms with Gasteiger partial charge in [0.25, 0.3) is 15.9 Å². The predicted molar refractivity (Wildman–Crippen MR) is 181 cm³/mol. The number of piperidine rings is 1. The maximum Gasteiger partial charge on any atom is 0.269 e. The van der Waals surface area contributed by atoms with Gasteiger partial charge in [-0.15, -0.1) is 0 Å². The van der Waals surface area contributed by atoms with Crippen molar-refractivity contribution in [3.63, 3.8) is 0 Å². The molecule has 10 heteroatoms. The number of aryl methyl sites for hydroxylation is 1. The van der Waals surface area contributed by atoms with Crippen LogP contribution in [0.5, 0.6) is 0 Å². The number of likely N-dealkylation sites (tertiary alicyclic amines) is 1. The van der Waals surface area contributed by atoms with Gasteiger partial charge in [0.1, 0.15) is 0 Å². The average Bonchev–Trinajstić information content (AvgIpc) is 3.67. The lowest BCUT2D eigenvalue weighted by molar-refractivity contribution is 0.0827. The molecule has 0 aliphatic carbocycles. The highest BCUT2D eigenvalue weighted by Gasteiger charge is 2.25. The SMILES string of the molecule is Cc1ccc(S(=O)(=O)n2cc(-c3ccc(C(=O)N(C)C)cc3)c3cc(-c4cccc5c4cnn5C4CCN(C)CC4)cnc32)cc1. The Morgan fingerprint density at radius 2 is 1.59 bits per heavy atom. The summed E-state index contributed by atoms with van der Waals surface area (Å²) in [6.45, 7) is 4.01. The molecular weight excluding hydrogens is 597 g/mol. The third-order valence-corrected chi connectivity index (χ3v) is 10.7. The lowest BCUT2D eigenvalue weighted by atomic mass is 9.99. The van der Waals surface area contributed by atoms with Crippen LogP contribution in [-0.4, -0.2) is 77.1 Å². The first-order valence-electron chi connectivity index (χ1n) is 15.4. The standard InChI is InChI=1S/C36H36N6O3S/c1-24-8-14-29(15-9-24)46(44,45)41-23-33(25-10-12-26(13-11-25)36(43)39(2)3)31-20-27(21-37-35(31)41)30-6-5-7-34-32(30)22-38-42(34)28-16-18-40(4)19-17-28/h5-15,20-23,28H,16-19H2,1-4H3. The van der Waals surface area contributed by atoms with Crippen molar-refractivity contribution < 1.29 is 13.2 Å². The van der Waals surface area contributed by atoms with Crippen LogP contribution in [0.3, 0.4) is 0 Å². The second-order valence-corrected chi connectivity index (χ2v) is 14.2. The largest absolute Gasteiger partial charge is 0.345 e. The van der Waals surface area contributed by atoms with Crippen LogP contribution < -0.4 is 0 Å². The van der Waals surface area contributed by atoms with E-state index in [9.17, 15) is 13.2 Å². The Kier molecular flexibility index (Phi) is 7.49. The number of carbonyl (C=O) groups excluding carboxylic acids is 1. The van der Waals surface area contributed by atoms with Gasteiger partial charge in [-0.05, 0) is 87.4 Å². The number of pyridine rings is 1. The molecule has 1 aliphatic heterocycles. The van der Waals surface area contributed by atoms with E-state index in [2.05, 4.69) is 28.8 Å². The number of amides is 1. The molecule has 0 unspecified atom stereocenters. The van der Waals surface area contributed by atoms with Crippen molar-refractivity contribution in [2.45, 2.75) is 30.7 Å². The zero-order valence-corrected chi connectivity index (χ0v) is 27.2. The molecule has 0 spiro atoms. The number of aromatic nitrogens is 4. The van der Waals surface area contributed by atoms with E-state index < -0.39 is 10.0 Å². The van der Waals surface area contributed by atoms with E-state index in [-0.39, 0.29) is 10.8 Å². The van der Waals surface area contributed by atoms with Crippen molar-refractivity contribution in [3.8, 4) is 22.3 Å². The molecule has 0 radical (unpaired) electrons. The van der Waals surface area contributed by atoms with Crippen molar-refractivity contribution >= 4 is 37.9 Å². The summed E-state index contributed by atoms with van der Waals surface area (Å²) in [6.07, 6.45) is 7.42. The molecule has 0 N–H and O–H groups in total. The molecule has 3 aromatic carbocycles. The fraction of sp³-hybridized carbons (Fsp3) is 0.250. The zero-order chi connectivity index (χ0) is 32.2. The summed E-state index contributed by atoms with van der Waals surface area (Å²) in [5.41, 5.74) is 6.28. The summed E-state index contributed by atoms with van der Waals surface area (Å²) < 4.78 is 31.4. The van der Waals surface area contributed by atoms with Gasteiger partial charge < -0.3 is 9.80 Å². The highest BCUT2D eigenvalue weighted by molar-refractivity contribution is 7.90. The van der Waals surface area contributed by atoms with Crippen LogP contribution in [0.1, 0.15) is 34.8 Å². The quantitative estimate of drug-likeness (QED) is 0.216. The molecule has 7 rings (SSSR count). The third-order valence-electron chi connectivity index (χ3n) is 9.02. The maximum absolute atomic E-state index is 14.0. The van der Waals surface area contributed by atoms with E-state index in [0.717, 1.165) is 59.1 Å². The molecule has 1 saturated heterocycles. The number of carbonyl (C=O) groups is 1. The smallest absolute Gasteiger partial charge is 0.269 e. The van der Waals surface area contributed by atoms with E-state index >= 15 is 0 Å². The molecule has 4 heterocycles. The molecule has 6 aromatic rings. The normalized spacial score (nSPS) is 14.7. The minimum Gasteiger partial charge on any atom is -0.345 e. The van der Waals surface area contributed by atoms with Crippen molar-refractivity contribution in [1.29, 1.82) is 0 Å². The Labute approximate surface area is 268 Å². The average molecular weight is 633 g/mol. The summed E-state index contributed by atoms with van der Waals surface area (Å²) in [6, 6.07) is 22.6. The Morgan fingerprint density at radius 1 is 0.870 bits per heavy atom. The summed E-state index contributed by atoms with van der Waals surface area (Å²) in [5.74, 6) is -0.103. The van der Waals surface area contributed by atoms with Crippen molar-refractivity contribution in [2.24, 2.45) is 0 Å². The van der Waals surface area contributed by atoms with E-state index in [1.54, 1.807) is 62.9 Å². The third kappa shape index (κ3) is 5.17. The van der Waals surface area contributed by atoms with Gasteiger partial charge in [0.05, 0.1) is 22.7 Å². The second-order valence-electron chi connectivity index (χ2n) is 12.4. The van der Waals surface area contributed by atoms with Crippen LogP contribution >= 0.6 is 0 Å². The number of benzene rings is 3. The molecule has 9 nitrogen and oxygen atoms in total. The Balaban J connectivity index is 1.38. The van der Waals surface area contributed by atoms with Crippen LogP contribution in [-0.2, 0) is 10.0 Å². The minimum atomic E-state index is -3.95. The number of hydrogen-bond donors (Lipinski definition) is 0. The van der Waals surface area contributed by atoms with Gasteiger partial charge in [-0.25, -0.2) is 17.4 Å². The Morgan fingerprint density at radius 3 is 2.28 bits per heavy atom. The van der Waals surface area contributed by atoms with Crippen LogP contribution in [0.2, 0.25) is 0 Å². The number of rotatable bonds is 6. The van der Waals surface area contributed by atoms with E-state index in [4.69, 9.17) is 10.1 Å². The van der Waals surface area contributed by atoms with Gasteiger partial charge in [-0.2, -0.15) is 5.10 Å². The van der Waals surface area contributed by atoms with Crippen LogP contribution in [0.15, 0.2) is 96.3 Å². The monoisotopic (exact) mass is 632 g/mol. The maximum atomic E-state index is 14.0. The molecule has 234 valence electrons. The van der Waals surface area contributed by atoms with Gasteiger partial charge in [0.2, 0.25) is 0 Å². The molecule has 0 atom stereocenters. The molecule has 46 heavy (non-hydrogen) atoms. The van der Waals surface area contributed by atoms with Crippen molar-refractivity contribution in [1.82, 2.24) is 28.5 Å². The molecule has 3 aromatic heterocycles. The van der Waals surface area contributed by atoms with Gasteiger partial charge in [0, 0.05) is 54.0 Å². The van der Waals surface area contributed by atoms with Gasteiger partial charge in [-0.1, -0.05) is 42.0 Å². The van der Waals surface area contributed by atoms with E-state index in [1.165, 1.54) is 8.87 Å². The zero-order valence-electron chi connectivity index (χ0n) is 26.4. The number of nitrogens with zero attached hydrogens (tertiary/aromatic N) is 6. The molecule has 1 amide bonds. The summed E-state index contributed by atoms with van der Waals surface area (Å²) in [7, 11) is 1.63. The fourth-order valence-corrected chi connectivity index (χ4v) is 7.69. The van der Waals surface area contributed by atoms with Gasteiger partial charge >= 0.3 is 0 Å². The lowest BCUT2D eigenvalue weighted by Gasteiger charge is -2.29. The van der Waals surface area contributed by atoms with E-state index in [0.29, 0.717) is 28.2 Å². The first kappa shape index (κ1) is 29.9. The topological polar surface area (TPSA) is 93.3 Å². The minimum absolute atomic E-state index is 0.103. The number of fused-ring (bicyclic) bond motifs is 2. The van der Waals surface area contributed by atoms with Crippen molar-refractivity contribution in [2.75, 3.05) is 34.2 Å². The summed E-state index contributed by atoms with van der Waals surface area (Å²) >= 11 is 0. The lowest BCUT2D eigenvalue weighted by Crippen LogP contribution is -2.31. The highest BCUT2D eigenvalue weighted by atomic mass is 32.2. The van der Waals surface area contributed by atoms with Crippen molar-refractivity contribution in [3.05, 3.63) is 103 Å². The number of hydrogen-bond acceptors (Lipinski definition) is 6. The Bertz CT molecular complexity index is 2190. The summed E-state index contributed by atoms with van der Waals surface area (Å²) in [4.78, 5) is 21.4. The predicted octanol–water partition coefficient (Wildman–Crippen LogP) is 6.23. The van der Waals surface area contributed by atoms with Crippen LogP contribution in [0.25, 0.3) is 44.2 Å². The highest BCUT2D eigenvalue weighted by Crippen LogP contribution is 2.37. The first-order valence-corrected chi connectivity index (χ1v) is 16.9. The molecular formula is C36H36N6O3S. The molecule has 0 saturated carbocycles.